The number of fused-ring (bicyclic) bond motifs is 1. The van der Waals surface area contributed by atoms with Crippen molar-refractivity contribution < 1.29 is 0 Å². The Morgan fingerprint density at radius 1 is 0.867 bits per heavy atom. The summed E-state index contributed by atoms with van der Waals surface area (Å²) in [4.78, 5) is 5.29. The highest BCUT2D eigenvalue weighted by atomic mass is 32.2. The number of para-hydroxylation sites is 2. The van der Waals surface area contributed by atoms with Crippen molar-refractivity contribution in [3.63, 3.8) is 0 Å². The van der Waals surface area contributed by atoms with Crippen LogP contribution in [0.2, 0.25) is 0 Å². The first-order valence-electron chi connectivity index (χ1n) is 17.0. The maximum atomic E-state index is 3.66. The average Bonchev–Trinajstić information content (AvgIpc) is 3.26. The van der Waals surface area contributed by atoms with Gasteiger partial charge in [0.05, 0.1) is 0 Å². The minimum absolute atomic E-state index is 0.0233. The molecule has 236 valence electrons. The predicted octanol–water partition coefficient (Wildman–Crippen LogP) is 12.0. The third kappa shape index (κ3) is 7.52. The Morgan fingerprint density at radius 2 is 1.60 bits per heavy atom. The predicted molar refractivity (Wildman–Crippen MR) is 198 cm³/mol. The molecule has 3 aromatic rings. The second-order valence-electron chi connectivity index (χ2n) is 13.6. The maximum Gasteiger partial charge on any atom is 0.0450 e. The summed E-state index contributed by atoms with van der Waals surface area (Å²) in [6, 6.07) is 28.7. The zero-order valence-corrected chi connectivity index (χ0v) is 29.1. The van der Waals surface area contributed by atoms with Gasteiger partial charge in [-0.05, 0) is 96.6 Å². The van der Waals surface area contributed by atoms with E-state index in [4.69, 9.17) is 0 Å². The molecule has 1 N–H and O–H groups in total. The van der Waals surface area contributed by atoms with E-state index in [0.29, 0.717) is 0 Å². The molecule has 0 spiro atoms. The first-order chi connectivity index (χ1) is 21.8. The molecule has 0 bridgehead atoms. The summed E-state index contributed by atoms with van der Waals surface area (Å²) in [6.07, 6.45) is 16.4. The van der Waals surface area contributed by atoms with E-state index in [0.717, 1.165) is 45.2 Å². The van der Waals surface area contributed by atoms with Crippen LogP contribution in [-0.2, 0) is 10.8 Å². The van der Waals surface area contributed by atoms with E-state index >= 15 is 0 Å². The second-order valence-corrected chi connectivity index (χ2v) is 14.7. The molecule has 1 aliphatic carbocycles. The fourth-order valence-electron chi connectivity index (χ4n) is 6.84. The van der Waals surface area contributed by atoms with Crippen molar-refractivity contribution in [1.82, 2.24) is 0 Å². The van der Waals surface area contributed by atoms with Crippen LogP contribution in [0.3, 0.4) is 0 Å². The van der Waals surface area contributed by atoms with Gasteiger partial charge in [0.2, 0.25) is 0 Å². The van der Waals surface area contributed by atoms with Gasteiger partial charge in [-0.25, -0.2) is 0 Å². The number of anilines is 2. The van der Waals surface area contributed by atoms with Gasteiger partial charge >= 0.3 is 0 Å². The number of benzene rings is 3. The highest BCUT2D eigenvalue weighted by Gasteiger charge is 2.39. The number of thioether (sulfide) groups is 1. The minimum Gasteiger partial charge on any atom is -0.385 e. The summed E-state index contributed by atoms with van der Waals surface area (Å²) >= 11 is 1.93. The molecule has 0 unspecified atom stereocenters. The first kappa shape index (κ1) is 32.9. The van der Waals surface area contributed by atoms with E-state index < -0.39 is 0 Å². The topological polar surface area (TPSA) is 15.3 Å². The number of hydrogen-bond donors (Lipinski definition) is 1. The second kappa shape index (κ2) is 14.8. The smallest absolute Gasteiger partial charge is 0.0450 e. The van der Waals surface area contributed by atoms with Gasteiger partial charge in [0, 0.05) is 45.4 Å². The zero-order valence-electron chi connectivity index (χ0n) is 28.3. The van der Waals surface area contributed by atoms with E-state index in [1.807, 2.05) is 11.8 Å². The van der Waals surface area contributed by atoms with Crippen LogP contribution in [0.25, 0.3) is 0 Å². The Bertz CT molecular complexity index is 1570. The Kier molecular flexibility index (Phi) is 10.8. The van der Waals surface area contributed by atoms with Crippen molar-refractivity contribution in [2.75, 3.05) is 23.3 Å². The Morgan fingerprint density at radius 3 is 2.38 bits per heavy atom. The van der Waals surface area contributed by atoms with E-state index in [1.54, 1.807) is 0 Å². The Labute approximate surface area is 277 Å². The molecule has 45 heavy (non-hydrogen) atoms. The van der Waals surface area contributed by atoms with Crippen LogP contribution in [0.1, 0.15) is 91.2 Å². The molecule has 5 rings (SSSR count). The molecule has 3 aromatic carbocycles. The van der Waals surface area contributed by atoms with E-state index in [9.17, 15) is 0 Å². The normalized spacial score (nSPS) is 18.3. The van der Waals surface area contributed by atoms with Gasteiger partial charge in [-0.3, -0.25) is 0 Å². The maximum absolute atomic E-state index is 3.66. The molecule has 1 aliphatic heterocycles. The van der Waals surface area contributed by atoms with Crippen LogP contribution in [-0.4, -0.2) is 13.1 Å². The van der Waals surface area contributed by atoms with Crippen LogP contribution >= 0.6 is 11.8 Å². The van der Waals surface area contributed by atoms with E-state index in [-0.39, 0.29) is 10.8 Å². The molecular weight excluding hydrogens is 565 g/mol. The van der Waals surface area contributed by atoms with Crippen LogP contribution in [0, 0.1) is 0 Å². The molecule has 3 heteroatoms. The van der Waals surface area contributed by atoms with Gasteiger partial charge < -0.3 is 10.2 Å². The van der Waals surface area contributed by atoms with Crippen molar-refractivity contribution in [2.24, 2.45) is 0 Å². The summed E-state index contributed by atoms with van der Waals surface area (Å²) in [5.74, 6) is 0. The van der Waals surface area contributed by atoms with Crippen molar-refractivity contribution in [3.05, 3.63) is 136 Å². The van der Waals surface area contributed by atoms with Crippen molar-refractivity contribution >= 4 is 23.1 Å². The quantitative estimate of drug-likeness (QED) is 0.218. The van der Waals surface area contributed by atoms with Gasteiger partial charge in [0.1, 0.15) is 0 Å². The lowest BCUT2D eigenvalue weighted by atomic mass is 9.80. The first-order valence-corrected chi connectivity index (χ1v) is 17.8. The molecule has 0 saturated carbocycles. The fraction of sp³-hybridized carbons (Fsp3) is 0.381. The number of hydrogen-bond acceptors (Lipinski definition) is 3. The molecular formula is C42H52N2S. The fourth-order valence-corrected chi connectivity index (χ4v) is 7.97. The molecule has 0 amide bonds. The summed E-state index contributed by atoms with van der Waals surface area (Å²) in [6.45, 7) is 16.1. The standard InChI is InChI=1S/C42H52N2S/c1-7-30-43-37-25-14-12-23-35(37)41(3,4)29-17-20-32-18-16-19-33(40(32)45-34-21-10-9-11-22-34)27-28-39-42(5,6)36-24-13-15-26-38(36)44(39)31-8-2/h9-15,17,20-28,43H,7-8,16,18-19,29-31H2,1-6H3. The number of allylic oxidation sites excluding steroid dienone is 7. The van der Waals surface area contributed by atoms with Crippen LogP contribution in [0.4, 0.5) is 11.4 Å². The molecule has 2 nitrogen and oxygen atoms in total. The lowest BCUT2D eigenvalue weighted by molar-refractivity contribution is 0.535. The number of rotatable bonds is 12. The monoisotopic (exact) mass is 616 g/mol. The third-order valence-corrected chi connectivity index (χ3v) is 10.5. The number of nitrogens with zero attached hydrogens (tertiary/aromatic N) is 1. The molecule has 2 aliphatic rings. The van der Waals surface area contributed by atoms with Gasteiger partial charge in [-0.15, -0.1) is 0 Å². The molecule has 0 fully saturated rings. The molecule has 0 atom stereocenters. The SMILES string of the molecule is CCCNc1ccccc1C(C)(C)CC=CC1=C(Sc2ccccc2)C(=CC=C2N(CCC)c3ccccc3C2(C)C)CCC1. The zero-order chi connectivity index (χ0) is 31.9. The molecule has 0 radical (unpaired) electrons. The summed E-state index contributed by atoms with van der Waals surface area (Å²) in [5, 5.41) is 3.66. The summed E-state index contributed by atoms with van der Waals surface area (Å²) < 4.78 is 0. The largest absolute Gasteiger partial charge is 0.385 e. The van der Waals surface area contributed by atoms with Gasteiger partial charge in [0.15, 0.2) is 0 Å². The van der Waals surface area contributed by atoms with Crippen molar-refractivity contribution in [3.8, 4) is 0 Å². The Balaban J connectivity index is 1.49. The van der Waals surface area contributed by atoms with Gasteiger partial charge in [0.25, 0.3) is 0 Å². The highest BCUT2D eigenvalue weighted by molar-refractivity contribution is 8.03. The third-order valence-electron chi connectivity index (χ3n) is 9.30. The summed E-state index contributed by atoms with van der Waals surface area (Å²) in [5.41, 5.74) is 9.79. The van der Waals surface area contributed by atoms with Gasteiger partial charge in [-0.2, -0.15) is 0 Å². The van der Waals surface area contributed by atoms with Gasteiger partial charge in [-0.1, -0.05) is 126 Å². The van der Waals surface area contributed by atoms with Crippen molar-refractivity contribution in [2.45, 2.75) is 95.8 Å². The van der Waals surface area contributed by atoms with Crippen LogP contribution in [0.15, 0.2) is 130 Å². The number of nitrogens with one attached hydrogen (secondary N) is 1. The Hall–Kier alpha value is -3.43. The molecule has 0 saturated heterocycles. The van der Waals surface area contributed by atoms with E-state index in [2.05, 4.69) is 155 Å². The van der Waals surface area contributed by atoms with Crippen molar-refractivity contribution in [1.29, 1.82) is 0 Å². The molecule has 0 aromatic heterocycles. The lowest BCUT2D eigenvalue weighted by Gasteiger charge is -2.28. The lowest BCUT2D eigenvalue weighted by Crippen LogP contribution is -2.26. The van der Waals surface area contributed by atoms with Crippen LogP contribution < -0.4 is 10.2 Å². The summed E-state index contributed by atoms with van der Waals surface area (Å²) in [7, 11) is 0. The van der Waals surface area contributed by atoms with E-state index in [1.165, 1.54) is 55.6 Å². The molecule has 1 heterocycles. The minimum atomic E-state index is -0.0233. The highest BCUT2D eigenvalue weighted by Crippen LogP contribution is 2.48. The average molecular weight is 617 g/mol. The van der Waals surface area contributed by atoms with Crippen LogP contribution in [0.5, 0.6) is 0 Å².